The van der Waals surface area contributed by atoms with E-state index in [0.29, 0.717) is 18.8 Å². The van der Waals surface area contributed by atoms with E-state index >= 15 is 0 Å². The zero-order valence-electron chi connectivity index (χ0n) is 9.91. The summed E-state index contributed by atoms with van der Waals surface area (Å²) in [5.41, 5.74) is 0. The largest absolute Gasteiger partial charge is 0.468 e. The molecule has 2 aliphatic rings. The van der Waals surface area contributed by atoms with Crippen molar-refractivity contribution < 1.29 is 14.3 Å². The Balaban J connectivity index is 1.73. The van der Waals surface area contributed by atoms with Crippen LogP contribution in [0.25, 0.3) is 0 Å². The molecule has 0 aromatic carbocycles. The van der Waals surface area contributed by atoms with E-state index < -0.39 is 0 Å². The number of hydrogen-bond acceptors (Lipinski definition) is 4. The van der Waals surface area contributed by atoms with Crippen LogP contribution in [-0.4, -0.2) is 37.9 Å². The van der Waals surface area contributed by atoms with Crippen molar-refractivity contribution in [2.24, 2.45) is 0 Å². The van der Waals surface area contributed by atoms with E-state index in [9.17, 15) is 4.79 Å². The lowest BCUT2D eigenvalue weighted by Crippen LogP contribution is -2.43. The number of ether oxygens (including phenoxy) is 2. The summed E-state index contributed by atoms with van der Waals surface area (Å²) in [6.45, 7) is 0.452. The molecule has 1 atom stereocenters. The van der Waals surface area contributed by atoms with Gasteiger partial charge in [-0.15, -0.1) is 0 Å². The third-order valence-electron chi connectivity index (χ3n) is 3.30. The fraction of sp³-hybridized carbons (Fsp3) is 0.917. The maximum Gasteiger partial charge on any atom is 0.325 e. The molecule has 0 aliphatic heterocycles. The lowest BCUT2D eigenvalue weighted by Gasteiger charge is -2.18. The first kappa shape index (κ1) is 11.9. The van der Waals surface area contributed by atoms with Crippen molar-refractivity contribution in [3.63, 3.8) is 0 Å². The predicted molar refractivity (Wildman–Crippen MR) is 60.2 cm³/mol. The molecule has 1 N–H and O–H groups in total. The summed E-state index contributed by atoms with van der Waals surface area (Å²) in [7, 11) is 1.43. The molecule has 1 unspecified atom stereocenters. The highest BCUT2D eigenvalue weighted by Crippen LogP contribution is 2.22. The predicted octanol–water partition coefficient (Wildman–Crippen LogP) is 1.24. The van der Waals surface area contributed by atoms with Crippen LogP contribution in [0.5, 0.6) is 0 Å². The minimum atomic E-state index is -0.280. The van der Waals surface area contributed by atoms with Gasteiger partial charge in [-0.3, -0.25) is 10.1 Å². The van der Waals surface area contributed by atoms with Crippen molar-refractivity contribution in [1.29, 1.82) is 0 Å². The summed E-state index contributed by atoms with van der Waals surface area (Å²) in [6.07, 6.45) is 7.46. The van der Waals surface area contributed by atoms with Gasteiger partial charge in [-0.05, 0) is 25.7 Å². The van der Waals surface area contributed by atoms with Gasteiger partial charge >= 0.3 is 5.97 Å². The second kappa shape index (κ2) is 5.64. The van der Waals surface area contributed by atoms with Crippen LogP contribution in [0, 0.1) is 0 Å². The zero-order chi connectivity index (χ0) is 11.4. The summed E-state index contributed by atoms with van der Waals surface area (Å²) in [4.78, 5) is 11.5. The summed E-state index contributed by atoms with van der Waals surface area (Å²) in [5.74, 6) is -0.204. The molecule has 4 heteroatoms. The Morgan fingerprint density at radius 1 is 1.31 bits per heavy atom. The zero-order valence-corrected chi connectivity index (χ0v) is 9.91. The van der Waals surface area contributed by atoms with Crippen LogP contribution < -0.4 is 5.32 Å². The lowest BCUT2D eigenvalue weighted by molar-refractivity contribution is -0.145. The number of rotatable bonds is 6. The van der Waals surface area contributed by atoms with Gasteiger partial charge in [0.2, 0.25) is 0 Å². The van der Waals surface area contributed by atoms with Crippen molar-refractivity contribution in [2.75, 3.05) is 13.7 Å². The van der Waals surface area contributed by atoms with Gasteiger partial charge in [0.25, 0.3) is 0 Å². The number of carbonyl (C=O) groups excluding carboxylic acids is 1. The van der Waals surface area contributed by atoms with Crippen molar-refractivity contribution in [2.45, 2.75) is 56.7 Å². The van der Waals surface area contributed by atoms with Crippen LogP contribution in [0.1, 0.15) is 38.5 Å². The minimum Gasteiger partial charge on any atom is -0.468 e. The van der Waals surface area contributed by atoms with Gasteiger partial charge in [-0.2, -0.15) is 0 Å². The lowest BCUT2D eigenvalue weighted by atomic mass is 10.3. The molecule has 0 saturated heterocycles. The van der Waals surface area contributed by atoms with Crippen LogP contribution in [-0.2, 0) is 14.3 Å². The van der Waals surface area contributed by atoms with Gasteiger partial charge < -0.3 is 9.47 Å². The second-order valence-electron chi connectivity index (χ2n) is 4.76. The molecule has 0 heterocycles. The molecular weight excluding hydrogens is 206 g/mol. The first-order chi connectivity index (χ1) is 7.79. The third kappa shape index (κ3) is 3.46. The summed E-state index contributed by atoms with van der Waals surface area (Å²) in [5, 5.41) is 3.27. The topological polar surface area (TPSA) is 47.6 Å². The third-order valence-corrected chi connectivity index (χ3v) is 3.30. The molecule has 16 heavy (non-hydrogen) atoms. The van der Waals surface area contributed by atoms with Crippen molar-refractivity contribution >= 4 is 5.97 Å². The first-order valence-electron chi connectivity index (χ1n) is 6.25. The van der Waals surface area contributed by atoms with Gasteiger partial charge in [0.05, 0.1) is 19.8 Å². The molecule has 2 fully saturated rings. The standard InChI is InChI=1S/C12H21NO3/c1-15-12(14)11(13-9-6-7-9)8-16-10-4-2-3-5-10/h9-11,13H,2-8H2,1H3. The smallest absolute Gasteiger partial charge is 0.325 e. The van der Waals surface area contributed by atoms with Crippen molar-refractivity contribution in [3.8, 4) is 0 Å². The van der Waals surface area contributed by atoms with Crippen molar-refractivity contribution in [3.05, 3.63) is 0 Å². The molecule has 0 spiro atoms. The van der Waals surface area contributed by atoms with Gasteiger partial charge in [-0.1, -0.05) is 12.8 Å². The molecule has 2 rings (SSSR count). The molecule has 2 aliphatic carbocycles. The Kier molecular flexibility index (Phi) is 4.18. The van der Waals surface area contributed by atoms with E-state index in [1.165, 1.54) is 20.0 Å². The maximum atomic E-state index is 11.5. The van der Waals surface area contributed by atoms with Gasteiger partial charge in [0.1, 0.15) is 6.04 Å². The molecule has 0 bridgehead atoms. The van der Waals surface area contributed by atoms with Gasteiger partial charge in [-0.25, -0.2) is 0 Å². The summed E-state index contributed by atoms with van der Waals surface area (Å²) < 4.78 is 10.5. The second-order valence-corrected chi connectivity index (χ2v) is 4.76. The average Bonchev–Trinajstić information content (AvgIpc) is 2.97. The fourth-order valence-electron chi connectivity index (χ4n) is 2.15. The quantitative estimate of drug-likeness (QED) is 0.694. The van der Waals surface area contributed by atoms with Crippen LogP contribution in [0.2, 0.25) is 0 Å². The van der Waals surface area contributed by atoms with Crippen LogP contribution in [0.3, 0.4) is 0 Å². The number of hydrogen-bond donors (Lipinski definition) is 1. The Morgan fingerprint density at radius 3 is 2.56 bits per heavy atom. The van der Waals surface area contributed by atoms with E-state index in [4.69, 9.17) is 9.47 Å². The average molecular weight is 227 g/mol. The number of esters is 1. The van der Waals surface area contributed by atoms with Crippen LogP contribution in [0.4, 0.5) is 0 Å². The first-order valence-corrected chi connectivity index (χ1v) is 6.25. The molecule has 0 amide bonds. The minimum absolute atomic E-state index is 0.204. The highest BCUT2D eigenvalue weighted by atomic mass is 16.5. The Morgan fingerprint density at radius 2 is 2.00 bits per heavy atom. The maximum absolute atomic E-state index is 11.5. The van der Waals surface area contributed by atoms with E-state index in [1.54, 1.807) is 0 Å². The van der Waals surface area contributed by atoms with Gasteiger partial charge in [0, 0.05) is 6.04 Å². The Hall–Kier alpha value is -0.610. The SMILES string of the molecule is COC(=O)C(COC1CCCC1)NC1CC1. The highest BCUT2D eigenvalue weighted by molar-refractivity contribution is 5.75. The number of nitrogens with one attached hydrogen (secondary N) is 1. The summed E-state index contributed by atoms with van der Waals surface area (Å²) in [6, 6.07) is 0.217. The molecule has 0 aromatic rings. The highest BCUT2D eigenvalue weighted by Gasteiger charge is 2.30. The number of methoxy groups -OCH3 is 1. The molecule has 92 valence electrons. The Labute approximate surface area is 96.7 Å². The fourth-order valence-corrected chi connectivity index (χ4v) is 2.15. The van der Waals surface area contributed by atoms with E-state index in [0.717, 1.165) is 25.7 Å². The molecule has 4 nitrogen and oxygen atoms in total. The molecule has 0 aromatic heterocycles. The normalized spacial score (nSPS) is 23.3. The van der Waals surface area contributed by atoms with Crippen molar-refractivity contribution in [1.82, 2.24) is 5.32 Å². The number of carbonyl (C=O) groups is 1. The van der Waals surface area contributed by atoms with Gasteiger partial charge in [0.15, 0.2) is 0 Å². The Bertz CT molecular complexity index is 234. The van der Waals surface area contributed by atoms with E-state index in [-0.39, 0.29) is 12.0 Å². The van der Waals surface area contributed by atoms with Crippen LogP contribution in [0.15, 0.2) is 0 Å². The van der Waals surface area contributed by atoms with E-state index in [2.05, 4.69) is 5.32 Å². The molecular formula is C12H21NO3. The monoisotopic (exact) mass is 227 g/mol. The summed E-state index contributed by atoms with van der Waals surface area (Å²) >= 11 is 0. The molecule has 2 saturated carbocycles. The van der Waals surface area contributed by atoms with Crippen LogP contribution >= 0.6 is 0 Å². The molecule has 0 radical (unpaired) electrons. The van der Waals surface area contributed by atoms with E-state index in [1.807, 2.05) is 0 Å².